The summed E-state index contributed by atoms with van der Waals surface area (Å²) in [5, 5.41) is -0.0469. The number of aromatic nitrogens is 2. The average Bonchev–Trinajstić information content (AvgIpc) is 1.95. The fraction of sp³-hybridized carbons (Fsp3) is 0.556. The van der Waals surface area contributed by atoms with E-state index in [0.717, 1.165) is 19.3 Å². The molecule has 2 nitrogen and oxygen atoms in total. The lowest BCUT2D eigenvalue weighted by Gasteiger charge is -2.25. The smallest absolute Gasteiger partial charge is 0.182 e. The van der Waals surface area contributed by atoms with Crippen molar-refractivity contribution >= 4 is 11.6 Å². The molecular weight excluding hydrogens is 191 g/mol. The summed E-state index contributed by atoms with van der Waals surface area (Å²) in [4.78, 5) is 7.84. The number of nitrogens with zero attached hydrogens (tertiary/aromatic N) is 2. The Labute approximate surface area is 81.2 Å². The first kappa shape index (κ1) is 8.88. The molecule has 0 amide bonds. The Balaban J connectivity index is 2.42. The van der Waals surface area contributed by atoms with Crippen LogP contribution in [0.4, 0.5) is 4.39 Å². The minimum atomic E-state index is -0.433. The van der Waals surface area contributed by atoms with E-state index in [9.17, 15) is 4.39 Å². The van der Waals surface area contributed by atoms with Crippen molar-refractivity contribution in [3.8, 4) is 0 Å². The first-order valence-corrected chi connectivity index (χ1v) is 4.76. The summed E-state index contributed by atoms with van der Waals surface area (Å²) in [6, 6.07) is 0. The van der Waals surface area contributed by atoms with Crippen LogP contribution in [0.5, 0.6) is 0 Å². The molecule has 0 aromatic carbocycles. The second-order valence-electron chi connectivity index (χ2n) is 3.39. The first-order chi connectivity index (χ1) is 6.18. The molecule has 0 bridgehead atoms. The Hall–Kier alpha value is -0.700. The summed E-state index contributed by atoms with van der Waals surface area (Å²) in [5.41, 5.74) is 0.503. The van der Waals surface area contributed by atoms with E-state index in [4.69, 9.17) is 11.6 Å². The maximum absolute atomic E-state index is 13.4. The van der Waals surface area contributed by atoms with Crippen molar-refractivity contribution in [3.05, 3.63) is 22.5 Å². The maximum Gasteiger partial charge on any atom is 0.182 e. The summed E-state index contributed by atoms with van der Waals surface area (Å²) >= 11 is 5.62. The van der Waals surface area contributed by atoms with Gasteiger partial charge >= 0.3 is 0 Å². The van der Waals surface area contributed by atoms with E-state index in [2.05, 4.69) is 9.97 Å². The van der Waals surface area contributed by atoms with E-state index in [1.54, 1.807) is 6.92 Å². The summed E-state index contributed by atoms with van der Waals surface area (Å²) in [6.45, 7) is 1.73. The van der Waals surface area contributed by atoms with Gasteiger partial charge in [-0.1, -0.05) is 18.0 Å². The van der Waals surface area contributed by atoms with Crippen LogP contribution in [0.25, 0.3) is 0 Å². The van der Waals surface area contributed by atoms with Crippen molar-refractivity contribution in [1.82, 2.24) is 9.97 Å². The van der Waals surface area contributed by atoms with Crippen LogP contribution in [0.3, 0.4) is 0 Å². The van der Waals surface area contributed by atoms with Crippen molar-refractivity contribution in [2.45, 2.75) is 32.1 Å². The zero-order chi connectivity index (χ0) is 9.42. The molecule has 0 spiro atoms. The largest absolute Gasteiger partial charge is 0.235 e. The van der Waals surface area contributed by atoms with Crippen molar-refractivity contribution in [3.63, 3.8) is 0 Å². The Kier molecular flexibility index (Phi) is 2.20. The Bertz CT molecular complexity index is 337. The minimum absolute atomic E-state index is 0.0469. The SMILES string of the molecule is Cc1nc(Cl)c(F)c(C2CCC2)n1. The van der Waals surface area contributed by atoms with Gasteiger partial charge < -0.3 is 0 Å². The monoisotopic (exact) mass is 200 g/mol. The van der Waals surface area contributed by atoms with Gasteiger partial charge in [0.2, 0.25) is 0 Å². The van der Waals surface area contributed by atoms with Crippen LogP contribution in [0.1, 0.15) is 36.7 Å². The second kappa shape index (κ2) is 3.22. The fourth-order valence-electron chi connectivity index (χ4n) is 1.50. The highest BCUT2D eigenvalue weighted by molar-refractivity contribution is 6.29. The quantitative estimate of drug-likeness (QED) is 0.652. The standard InChI is InChI=1S/C9H10ClFN2/c1-5-12-8(6-3-2-4-6)7(11)9(10)13-5/h6H,2-4H2,1H3. The third-order valence-electron chi connectivity index (χ3n) is 2.44. The lowest BCUT2D eigenvalue weighted by atomic mass is 9.82. The fourth-order valence-corrected chi connectivity index (χ4v) is 1.72. The molecule has 1 aromatic heterocycles. The molecule has 0 saturated heterocycles. The van der Waals surface area contributed by atoms with E-state index < -0.39 is 5.82 Å². The normalized spacial score (nSPS) is 17.2. The van der Waals surface area contributed by atoms with Crippen molar-refractivity contribution in [1.29, 1.82) is 0 Å². The molecule has 2 rings (SSSR count). The number of hydrogen-bond acceptors (Lipinski definition) is 2. The lowest BCUT2D eigenvalue weighted by Crippen LogP contribution is -2.14. The molecule has 0 aliphatic heterocycles. The number of aryl methyl sites for hydroxylation is 1. The number of rotatable bonds is 1. The van der Waals surface area contributed by atoms with Gasteiger partial charge in [0, 0.05) is 5.92 Å². The molecule has 0 radical (unpaired) electrons. The van der Waals surface area contributed by atoms with Crippen LogP contribution in [0.2, 0.25) is 5.15 Å². The molecule has 1 heterocycles. The summed E-state index contributed by atoms with van der Waals surface area (Å²) < 4.78 is 13.4. The molecular formula is C9H10ClFN2. The van der Waals surface area contributed by atoms with Gasteiger partial charge in [-0.3, -0.25) is 0 Å². The van der Waals surface area contributed by atoms with Crippen LogP contribution in [0.15, 0.2) is 0 Å². The van der Waals surface area contributed by atoms with Gasteiger partial charge in [-0.05, 0) is 19.8 Å². The van der Waals surface area contributed by atoms with Crippen LogP contribution < -0.4 is 0 Å². The van der Waals surface area contributed by atoms with Crippen molar-refractivity contribution in [2.75, 3.05) is 0 Å². The van der Waals surface area contributed by atoms with Gasteiger partial charge in [0.05, 0.1) is 5.69 Å². The Morgan fingerprint density at radius 2 is 2.08 bits per heavy atom. The van der Waals surface area contributed by atoms with E-state index in [0.29, 0.717) is 11.5 Å². The summed E-state index contributed by atoms with van der Waals surface area (Å²) in [7, 11) is 0. The molecule has 1 saturated carbocycles. The molecule has 4 heteroatoms. The van der Waals surface area contributed by atoms with Crippen LogP contribution in [0, 0.1) is 12.7 Å². The van der Waals surface area contributed by atoms with Gasteiger partial charge in [-0.2, -0.15) is 0 Å². The average molecular weight is 201 g/mol. The van der Waals surface area contributed by atoms with Gasteiger partial charge in [-0.15, -0.1) is 0 Å². The molecule has 0 unspecified atom stereocenters. The summed E-state index contributed by atoms with van der Waals surface area (Å²) in [6.07, 6.45) is 3.19. The van der Waals surface area contributed by atoms with Gasteiger partial charge in [0.15, 0.2) is 11.0 Å². The van der Waals surface area contributed by atoms with E-state index in [1.165, 1.54) is 0 Å². The molecule has 1 aliphatic rings. The number of halogens is 2. The van der Waals surface area contributed by atoms with Gasteiger partial charge in [0.25, 0.3) is 0 Å². The third kappa shape index (κ3) is 1.53. The van der Waals surface area contributed by atoms with Gasteiger partial charge in [-0.25, -0.2) is 14.4 Å². The van der Waals surface area contributed by atoms with E-state index in [-0.39, 0.29) is 11.1 Å². The van der Waals surface area contributed by atoms with Crippen molar-refractivity contribution in [2.24, 2.45) is 0 Å². The van der Waals surface area contributed by atoms with Gasteiger partial charge in [0.1, 0.15) is 5.82 Å². The van der Waals surface area contributed by atoms with Crippen molar-refractivity contribution < 1.29 is 4.39 Å². The van der Waals surface area contributed by atoms with E-state index in [1.807, 2.05) is 0 Å². The van der Waals surface area contributed by atoms with Crippen LogP contribution in [-0.4, -0.2) is 9.97 Å². The first-order valence-electron chi connectivity index (χ1n) is 4.38. The topological polar surface area (TPSA) is 25.8 Å². The zero-order valence-electron chi connectivity index (χ0n) is 7.35. The highest BCUT2D eigenvalue weighted by atomic mass is 35.5. The Morgan fingerprint density at radius 1 is 1.38 bits per heavy atom. The molecule has 1 aromatic rings. The Morgan fingerprint density at radius 3 is 2.62 bits per heavy atom. The predicted octanol–water partition coefficient (Wildman–Crippen LogP) is 2.85. The molecule has 70 valence electrons. The lowest BCUT2D eigenvalue weighted by molar-refractivity contribution is 0.391. The highest BCUT2D eigenvalue weighted by Gasteiger charge is 2.26. The third-order valence-corrected chi connectivity index (χ3v) is 2.69. The molecule has 1 fully saturated rings. The molecule has 0 N–H and O–H groups in total. The zero-order valence-corrected chi connectivity index (χ0v) is 8.10. The summed E-state index contributed by atoms with van der Waals surface area (Å²) in [5.74, 6) is 0.379. The molecule has 0 atom stereocenters. The van der Waals surface area contributed by atoms with Crippen LogP contribution in [-0.2, 0) is 0 Å². The molecule has 1 aliphatic carbocycles. The highest BCUT2D eigenvalue weighted by Crippen LogP contribution is 2.37. The maximum atomic E-state index is 13.4. The predicted molar refractivity (Wildman–Crippen MR) is 48.3 cm³/mol. The molecule has 13 heavy (non-hydrogen) atoms. The van der Waals surface area contributed by atoms with Crippen LogP contribution >= 0.6 is 11.6 Å². The minimum Gasteiger partial charge on any atom is -0.235 e. The second-order valence-corrected chi connectivity index (χ2v) is 3.75. The number of hydrogen-bond donors (Lipinski definition) is 0. The van der Waals surface area contributed by atoms with E-state index >= 15 is 0 Å².